The Morgan fingerprint density at radius 1 is 1.40 bits per heavy atom. The minimum absolute atomic E-state index is 0.234. The van der Waals surface area contributed by atoms with Gasteiger partial charge in [-0.2, -0.15) is 0 Å². The van der Waals surface area contributed by atoms with Crippen molar-refractivity contribution in [3.63, 3.8) is 0 Å². The third-order valence-corrected chi connectivity index (χ3v) is 3.07. The molecular formula is C5H7NaO4. The molecule has 0 atom stereocenters. The van der Waals surface area contributed by atoms with Gasteiger partial charge in [0.15, 0.2) is 0 Å². The molecule has 0 amide bonds. The topological polar surface area (TPSA) is 74.6 Å². The fourth-order valence-corrected chi connectivity index (χ4v) is 0.999. The van der Waals surface area contributed by atoms with Gasteiger partial charge >= 0.3 is 75.7 Å². The molecule has 0 rings (SSSR count). The molecule has 52 valence electrons. The Morgan fingerprint density at radius 3 is 1.70 bits per heavy atom. The van der Waals surface area contributed by atoms with E-state index in [0.29, 0.717) is 27.9 Å². The summed E-state index contributed by atoms with van der Waals surface area (Å²) in [7, 11) is 0. The van der Waals surface area contributed by atoms with Gasteiger partial charge in [-0.1, -0.05) is 0 Å². The fraction of sp³-hybridized carbons (Fsp3) is 0.600. The summed E-state index contributed by atoms with van der Waals surface area (Å²) in [5.74, 6) is -2.51. The molecule has 0 aromatic rings. The molecule has 4 nitrogen and oxygen atoms in total. The molecule has 0 aliphatic rings. The zero-order chi connectivity index (χ0) is 8.36. The first-order valence-electron chi connectivity index (χ1n) is 2.92. The number of hydrogen-bond donors (Lipinski definition) is 2. The van der Waals surface area contributed by atoms with E-state index in [2.05, 4.69) is 0 Å². The number of hydrogen-bond acceptors (Lipinski definition) is 2. The molecule has 10 heavy (non-hydrogen) atoms. The van der Waals surface area contributed by atoms with Crippen molar-refractivity contribution in [3.05, 3.63) is 0 Å². The number of rotatable bonds is 3. The maximum atomic E-state index is 10.3. The third-order valence-electron chi connectivity index (χ3n) is 1.65. The molecule has 0 aromatic carbocycles. The molecule has 0 saturated carbocycles. The Morgan fingerprint density at radius 2 is 1.70 bits per heavy atom. The van der Waals surface area contributed by atoms with Crippen molar-refractivity contribution < 1.29 is 19.8 Å². The van der Waals surface area contributed by atoms with Crippen molar-refractivity contribution in [3.8, 4) is 0 Å². The average molecular weight is 154 g/mol. The van der Waals surface area contributed by atoms with Crippen LogP contribution in [-0.4, -0.2) is 50.1 Å². The van der Waals surface area contributed by atoms with Crippen LogP contribution in [0.1, 0.15) is 6.92 Å². The first-order chi connectivity index (χ1) is 4.45. The van der Waals surface area contributed by atoms with E-state index in [0.717, 1.165) is 0 Å². The monoisotopic (exact) mass is 154 g/mol. The van der Waals surface area contributed by atoms with Gasteiger partial charge in [0, 0.05) is 0 Å². The zero-order valence-corrected chi connectivity index (χ0v) is 7.92. The van der Waals surface area contributed by atoms with Gasteiger partial charge in [0.2, 0.25) is 0 Å². The van der Waals surface area contributed by atoms with E-state index < -0.39 is 17.4 Å². The van der Waals surface area contributed by atoms with Gasteiger partial charge in [0.1, 0.15) is 0 Å². The van der Waals surface area contributed by atoms with E-state index >= 15 is 0 Å². The van der Waals surface area contributed by atoms with E-state index in [1.807, 2.05) is 0 Å². The molecule has 0 aliphatic carbocycles. The molecule has 0 aliphatic heterocycles. The Kier molecular flexibility index (Phi) is 3.35. The third kappa shape index (κ3) is 1.71. The number of carbonyl (C=O) groups is 2. The van der Waals surface area contributed by atoms with Crippen LogP contribution in [0.15, 0.2) is 0 Å². The van der Waals surface area contributed by atoms with Gasteiger partial charge in [0.25, 0.3) is 0 Å². The second-order valence-corrected chi connectivity index (χ2v) is 3.00. The van der Waals surface area contributed by atoms with E-state index in [1.54, 1.807) is 0 Å². The van der Waals surface area contributed by atoms with Crippen molar-refractivity contribution in [2.24, 2.45) is 5.41 Å². The second kappa shape index (κ2) is 3.37. The van der Waals surface area contributed by atoms with E-state index in [-0.39, 0.29) is 3.67 Å². The van der Waals surface area contributed by atoms with Crippen LogP contribution >= 0.6 is 0 Å². The van der Waals surface area contributed by atoms with Gasteiger partial charge in [0.05, 0.1) is 0 Å². The van der Waals surface area contributed by atoms with Gasteiger partial charge in [-0.05, 0) is 0 Å². The normalized spacial score (nSPS) is 11.1. The van der Waals surface area contributed by atoms with Crippen molar-refractivity contribution in [2.75, 3.05) is 0 Å². The molecule has 0 saturated heterocycles. The Balaban J connectivity index is 4.55. The summed E-state index contributed by atoms with van der Waals surface area (Å²) in [6.45, 7) is 1.23. The van der Waals surface area contributed by atoms with Crippen LogP contribution in [0.4, 0.5) is 0 Å². The van der Waals surface area contributed by atoms with Crippen molar-refractivity contribution in [2.45, 2.75) is 10.6 Å². The van der Waals surface area contributed by atoms with Crippen LogP contribution in [0.25, 0.3) is 0 Å². The van der Waals surface area contributed by atoms with E-state index in [1.165, 1.54) is 6.92 Å². The first-order valence-corrected chi connectivity index (χ1v) is 4.33. The molecule has 0 unspecified atom stereocenters. The minimum atomic E-state index is -1.56. The van der Waals surface area contributed by atoms with Crippen LogP contribution in [0.5, 0.6) is 0 Å². The molecule has 0 radical (unpaired) electrons. The molecule has 5 heteroatoms. The summed E-state index contributed by atoms with van der Waals surface area (Å²) in [5, 5.41) is 16.9. The van der Waals surface area contributed by atoms with Crippen LogP contribution < -0.4 is 0 Å². The SMILES string of the molecule is CC([CH2][Na])(C(=O)O)C(=O)O. The Hall–Kier alpha value is -0.0600. The maximum absolute atomic E-state index is 10.3. The number of aliphatic carboxylic acids is 2. The number of carboxylic acid groups (broad SMARTS) is 2. The molecule has 0 heterocycles. The van der Waals surface area contributed by atoms with Crippen LogP contribution in [-0.2, 0) is 9.59 Å². The molecule has 2 N–H and O–H groups in total. The van der Waals surface area contributed by atoms with Crippen LogP contribution in [0.2, 0.25) is 3.67 Å². The molecule has 0 spiro atoms. The van der Waals surface area contributed by atoms with Gasteiger partial charge in [-0.3, -0.25) is 0 Å². The summed E-state index contributed by atoms with van der Waals surface area (Å²) >= 11 is 0.581. The molecule has 0 fully saturated rings. The van der Waals surface area contributed by atoms with Crippen LogP contribution in [0, 0.1) is 5.41 Å². The summed E-state index contributed by atoms with van der Waals surface area (Å²) in [4.78, 5) is 20.7. The fourth-order valence-electron chi connectivity index (χ4n) is 0.394. The van der Waals surface area contributed by atoms with Crippen molar-refractivity contribution >= 4 is 39.9 Å². The van der Waals surface area contributed by atoms with E-state index in [9.17, 15) is 9.59 Å². The van der Waals surface area contributed by atoms with Gasteiger partial charge < -0.3 is 0 Å². The Bertz CT molecular complexity index is 151. The Labute approximate surface area is 75.6 Å². The first kappa shape index (κ1) is 9.94. The van der Waals surface area contributed by atoms with Gasteiger partial charge in [-0.15, -0.1) is 0 Å². The summed E-state index contributed by atoms with van der Waals surface area (Å²) in [6.07, 6.45) is 0. The average Bonchev–Trinajstić information content (AvgIpc) is 1.85. The van der Waals surface area contributed by atoms with Crippen molar-refractivity contribution in [1.82, 2.24) is 0 Å². The number of carboxylic acids is 2. The molecule has 0 bridgehead atoms. The predicted molar refractivity (Wildman–Crippen MR) is 33.9 cm³/mol. The van der Waals surface area contributed by atoms with Crippen molar-refractivity contribution in [1.29, 1.82) is 0 Å². The predicted octanol–water partition coefficient (Wildman–Crippen LogP) is -0.251. The summed E-state index contributed by atoms with van der Waals surface area (Å²) < 4.78 is 0.234. The quantitative estimate of drug-likeness (QED) is 0.434. The molecule has 0 aromatic heterocycles. The standard InChI is InChI=1S/C5H7O4.Na/c1-5(2,3(6)7)4(8)9;/h1H2,2H3,(H,6,7)(H,8,9);. The van der Waals surface area contributed by atoms with E-state index in [4.69, 9.17) is 10.2 Å². The second-order valence-electron chi connectivity index (χ2n) is 2.30. The van der Waals surface area contributed by atoms with Gasteiger partial charge in [-0.25, -0.2) is 0 Å². The summed E-state index contributed by atoms with van der Waals surface area (Å²) in [6, 6.07) is 0. The zero-order valence-electron chi connectivity index (χ0n) is 5.92. The van der Waals surface area contributed by atoms with Crippen LogP contribution in [0.3, 0.4) is 0 Å². The summed E-state index contributed by atoms with van der Waals surface area (Å²) in [5.41, 5.74) is -1.56. The molecular weight excluding hydrogens is 147 g/mol.